The van der Waals surface area contributed by atoms with Gasteiger partial charge >= 0.3 is 0 Å². The van der Waals surface area contributed by atoms with Crippen molar-refractivity contribution in [3.63, 3.8) is 0 Å². The lowest BCUT2D eigenvalue weighted by molar-refractivity contribution is 0.995. The molecule has 14 heavy (non-hydrogen) atoms. The summed E-state index contributed by atoms with van der Waals surface area (Å²) in [4.78, 5) is 0. The largest absolute Gasteiger partial charge is 0.0874 e. The van der Waals surface area contributed by atoms with Crippen LogP contribution in [-0.2, 0) is 6.42 Å². The average molecular weight is 300 g/mol. The van der Waals surface area contributed by atoms with Gasteiger partial charge in [-0.1, -0.05) is 52.9 Å². The summed E-state index contributed by atoms with van der Waals surface area (Å²) in [5, 5.41) is 0. The van der Waals surface area contributed by atoms with Crippen LogP contribution in [0.15, 0.2) is 30.4 Å². The lowest BCUT2D eigenvalue weighted by Crippen LogP contribution is -1.87. The summed E-state index contributed by atoms with van der Waals surface area (Å²) in [5.74, 6) is 0. The van der Waals surface area contributed by atoms with Crippen molar-refractivity contribution in [2.45, 2.75) is 26.7 Å². The summed E-state index contributed by atoms with van der Waals surface area (Å²) < 4.78 is 1.12. The van der Waals surface area contributed by atoms with Gasteiger partial charge in [-0.25, -0.2) is 0 Å². The number of allylic oxidation sites excluding steroid dienone is 2. The van der Waals surface area contributed by atoms with E-state index in [0.29, 0.717) is 0 Å². The summed E-state index contributed by atoms with van der Waals surface area (Å²) in [6.45, 7) is 4.34. The third-order valence-electron chi connectivity index (χ3n) is 2.43. The molecule has 0 heterocycles. The van der Waals surface area contributed by atoms with Gasteiger partial charge in [0.25, 0.3) is 0 Å². The van der Waals surface area contributed by atoms with E-state index in [1.165, 1.54) is 16.7 Å². The molecule has 0 spiro atoms. The fourth-order valence-corrected chi connectivity index (χ4v) is 1.75. The third-order valence-corrected chi connectivity index (χ3v) is 2.94. The van der Waals surface area contributed by atoms with Crippen LogP contribution in [0.5, 0.6) is 0 Å². The highest BCUT2D eigenvalue weighted by atomic mass is 127. The molecule has 76 valence electrons. The van der Waals surface area contributed by atoms with Crippen LogP contribution in [-0.4, -0.2) is 4.43 Å². The smallest absolute Gasteiger partial charge is 0.0175 e. The molecule has 1 heteroatoms. The highest BCUT2D eigenvalue weighted by molar-refractivity contribution is 14.1. The van der Waals surface area contributed by atoms with Crippen molar-refractivity contribution in [3.05, 3.63) is 47.0 Å². The molecule has 0 unspecified atom stereocenters. The quantitative estimate of drug-likeness (QED) is 0.443. The van der Waals surface area contributed by atoms with Crippen molar-refractivity contribution in [2.75, 3.05) is 4.43 Å². The average Bonchev–Trinajstić information content (AvgIpc) is 2.18. The molecule has 0 fully saturated rings. The van der Waals surface area contributed by atoms with Gasteiger partial charge in [0.2, 0.25) is 0 Å². The molecule has 0 N–H and O–H groups in total. The first kappa shape index (κ1) is 11.8. The predicted octanol–water partition coefficient (Wildman–Crippen LogP) is 4.23. The van der Waals surface area contributed by atoms with Crippen LogP contribution in [0.4, 0.5) is 0 Å². The monoisotopic (exact) mass is 300 g/mol. The fourth-order valence-electron chi connectivity index (χ4n) is 1.39. The van der Waals surface area contributed by atoms with Crippen molar-refractivity contribution in [1.82, 2.24) is 0 Å². The first-order valence-corrected chi connectivity index (χ1v) is 6.53. The summed E-state index contributed by atoms with van der Waals surface area (Å²) in [6.07, 6.45) is 6.81. The minimum atomic E-state index is 1.12. The molecule has 1 aromatic rings. The Morgan fingerprint density at radius 1 is 1.14 bits per heavy atom. The maximum Gasteiger partial charge on any atom is 0.0175 e. The van der Waals surface area contributed by atoms with Crippen LogP contribution in [0.3, 0.4) is 0 Å². The van der Waals surface area contributed by atoms with Gasteiger partial charge in [0.05, 0.1) is 0 Å². The van der Waals surface area contributed by atoms with E-state index >= 15 is 0 Å². The van der Waals surface area contributed by atoms with E-state index in [1.807, 2.05) is 0 Å². The maximum absolute atomic E-state index is 2.36. The zero-order valence-corrected chi connectivity index (χ0v) is 11.0. The molecule has 1 rings (SSSR count). The van der Waals surface area contributed by atoms with Gasteiger partial charge in [-0.2, -0.15) is 0 Å². The van der Waals surface area contributed by atoms with Crippen molar-refractivity contribution >= 4 is 22.6 Å². The zero-order chi connectivity index (χ0) is 10.4. The van der Waals surface area contributed by atoms with Gasteiger partial charge < -0.3 is 0 Å². The molecule has 0 saturated carbocycles. The molecular formula is C13H17I. The Balaban J connectivity index is 2.51. The lowest BCUT2D eigenvalue weighted by atomic mass is 10.0. The number of aryl methyl sites for hydroxylation is 3. The van der Waals surface area contributed by atoms with Crippen LogP contribution in [0.2, 0.25) is 0 Å². The molecular weight excluding hydrogens is 283 g/mol. The number of hydrogen-bond donors (Lipinski definition) is 0. The van der Waals surface area contributed by atoms with E-state index in [0.717, 1.165) is 17.3 Å². The normalized spacial score (nSPS) is 11.1. The van der Waals surface area contributed by atoms with Crippen LogP contribution in [0.1, 0.15) is 23.1 Å². The zero-order valence-electron chi connectivity index (χ0n) is 8.89. The van der Waals surface area contributed by atoms with Gasteiger partial charge in [0.1, 0.15) is 0 Å². The van der Waals surface area contributed by atoms with E-state index in [-0.39, 0.29) is 0 Å². The molecule has 1 aromatic carbocycles. The number of alkyl halides is 1. The van der Waals surface area contributed by atoms with Crippen molar-refractivity contribution in [3.8, 4) is 0 Å². The Morgan fingerprint density at radius 3 is 2.57 bits per heavy atom. The van der Waals surface area contributed by atoms with Gasteiger partial charge in [0, 0.05) is 4.43 Å². The van der Waals surface area contributed by atoms with Crippen molar-refractivity contribution in [2.24, 2.45) is 0 Å². The maximum atomic E-state index is 2.36. The van der Waals surface area contributed by atoms with Crippen LogP contribution in [0.25, 0.3) is 0 Å². The Bertz CT molecular complexity index is 313. The number of halogens is 1. The van der Waals surface area contributed by atoms with Gasteiger partial charge in [-0.15, -0.1) is 0 Å². The molecule has 0 saturated heterocycles. The third kappa shape index (κ3) is 3.82. The standard InChI is InChI=1S/C13H17I/c1-11-7-8-13(10-12(11)2)6-4-3-5-9-14/h3,5,7-8,10H,4,6,9H2,1-2H3. The fraction of sp³-hybridized carbons (Fsp3) is 0.385. The SMILES string of the molecule is Cc1ccc(CCC=CCI)cc1C. The van der Waals surface area contributed by atoms with Crippen LogP contribution in [0, 0.1) is 13.8 Å². The van der Waals surface area contributed by atoms with Crippen molar-refractivity contribution in [1.29, 1.82) is 0 Å². The molecule has 0 aliphatic carbocycles. The van der Waals surface area contributed by atoms with Gasteiger partial charge in [-0.3, -0.25) is 0 Å². The second kappa shape index (κ2) is 6.23. The lowest BCUT2D eigenvalue weighted by Gasteiger charge is -2.03. The summed E-state index contributed by atoms with van der Waals surface area (Å²) in [6, 6.07) is 6.75. The number of hydrogen-bond acceptors (Lipinski definition) is 0. The van der Waals surface area contributed by atoms with E-state index in [2.05, 4.69) is 66.8 Å². The van der Waals surface area contributed by atoms with Crippen molar-refractivity contribution < 1.29 is 0 Å². The second-order valence-electron chi connectivity index (χ2n) is 3.58. The first-order valence-electron chi connectivity index (χ1n) is 5.01. The molecule has 0 atom stereocenters. The topological polar surface area (TPSA) is 0 Å². The Kier molecular flexibility index (Phi) is 5.23. The summed E-state index contributed by atoms with van der Waals surface area (Å²) in [5.41, 5.74) is 4.24. The molecule has 0 amide bonds. The number of rotatable bonds is 4. The van der Waals surface area contributed by atoms with E-state index < -0.39 is 0 Å². The minimum Gasteiger partial charge on any atom is -0.0874 e. The van der Waals surface area contributed by atoms with Crippen LogP contribution < -0.4 is 0 Å². The van der Waals surface area contributed by atoms with E-state index in [9.17, 15) is 0 Å². The molecule has 0 radical (unpaired) electrons. The number of benzene rings is 1. The Labute approximate surface area is 101 Å². The molecule has 0 aliphatic heterocycles. The molecule has 0 nitrogen and oxygen atoms in total. The highest BCUT2D eigenvalue weighted by Crippen LogP contribution is 2.11. The molecule has 0 bridgehead atoms. The minimum absolute atomic E-state index is 1.12. The predicted molar refractivity (Wildman–Crippen MR) is 72.3 cm³/mol. The van der Waals surface area contributed by atoms with Crippen LogP contribution >= 0.6 is 22.6 Å². The first-order chi connectivity index (χ1) is 6.74. The molecule has 0 aromatic heterocycles. The summed E-state index contributed by atoms with van der Waals surface area (Å²) >= 11 is 2.36. The van der Waals surface area contributed by atoms with E-state index in [1.54, 1.807) is 0 Å². The molecule has 0 aliphatic rings. The summed E-state index contributed by atoms with van der Waals surface area (Å²) in [7, 11) is 0. The van der Waals surface area contributed by atoms with Gasteiger partial charge in [-0.05, 0) is 43.4 Å². The highest BCUT2D eigenvalue weighted by Gasteiger charge is 1.94. The Morgan fingerprint density at radius 2 is 1.93 bits per heavy atom. The Hall–Kier alpha value is -0.310. The van der Waals surface area contributed by atoms with Gasteiger partial charge in [0.15, 0.2) is 0 Å². The second-order valence-corrected chi connectivity index (χ2v) is 4.46. The van der Waals surface area contributed by atoms with E-state index in [4.69, 9.17) is 0 Å².